The van der Waals surface area contributed by atoms with Crippen molar-refractivity contribution in [3.05, 3.63) is 0 Å². The Morgan fingerprint density at radius 2 is 1.18 bits per heavy atom. The summed E-state index contributed by atoms with van der Waals surface area (Å²) in [6, 6.07) is 0. The molecule has 15 atom stereocenters. The summed E-state index contributed by atoms with van der Waals surface area (Å²) in [4.78, 5) is 3.92. The molecule has 0 bridgehead atoms. The van der Waals surface area contributed by atoms with Gasteiger partial charge >= 0.3 is 0 Å². The molecule has 34 heavy (non-hydrogen) atoms. The summed E-state index contributed by atoms with van der Waals surface area (Å²) in [5.41, 5.74) is 0. The van der Waals surface area contributed by atoms with Crippen molar-refractivity contribution in [2.45, 2.75) is 99.0 Å². The zero-order valence-corrected chi connectivity index (χ0v) is 18.0. The van der Waals surface area contributed by atoms with E-state index in [1.54, 1.807) is 0 Å². The van der Waals surface area contributed by atoms with Crippen LogP contribution in [-0.4, -0.2) is 157 Å². The lowest BCUT2D eigenvalue weighted by Crippen LogP contribution is -2.66. The Labute approximate surface area is 192 Å². The normalized spacial score (nSPS) is 52.5. The summed E-state index contributed by atoms with van der Waals surface area (Å²) < 4.78 is 26.8. The van der Waals surface area contributed by atoms with Gasteiger partial charge in [0.15, 0.2) is 18.9 Å². The Bertz CT molecular complexity index is 641. The van der Waals surface area contributed by atoms with Crippen LogP contribution in [0.4, 0.5) is 0 Å². The molecule has 3 heterocycles. The fraction of sp³-hybridized carbons (Fsp3) is 1.00. The van der Waals surface area contributed by atoms with E-state index in [0.29, 0.717) is 0 Å². The van der Waals surface area contributed by atoms with Crippen LogP contribution in [-0.2, 0) is 28.6 Å². The van der Waals surface area contributed by atoms with Gasteiger partial charge in [-0.1, -0.05) is 0 Å². The highest BCUT2D eigenvalue weighted by atomic mass is 17.1. The first kappa shape index (κ1) is 27.9. The largest absolute Gasteiger partial charge is 0.394 e. The average molecular weight is 504 g/mol. The predicted octanol–water partition coefficient (Wildman–Crippen LogP) is -6.05. The predicted molar refractivity (Wildman–Crippen MR) is 101 cm³/mol. The molecule has 0 saturated carbocycles. The van der Waals surface area contributed by atoms with Gasteiger partial charge < -0.3 is 69.6 Å². The molecule has 0 aromatic carbocycles. The Balaban J connectivity index is 1.82. The fourth-order valence-corrected chi connectivity index (χ4v) is 4.03. The number of hydrogen-bond donors (Lipinski definition) is 10. The van der Waals surface area contributed by atoms with E-state index in [1.165, 1.54) is 6.92 Å². The van der Waals surface area contributed by atoms with Gasteiger partial charge in [0.05, 0.1) is 12.7 Å². The van der Waals surface area contributed by atoms with Gasteiger partial charge in [-0.05, 0) is 6.92 Å². The summed E-state index contributed by atoms with van der Waals surface area (Å²) in [7, 11) is 0. The molecule has 0 amide bonds. The van der Waals surface area contributed by atoms with Crippen LogP contribution < -0.4 is 0 Å². The molecular weight excluding hydrogens is 472 g/mol. The first-order valence-electron chi connectivity index (χ1n) is 10.6. The van der Waals surface area contributed by atoms with Crippen LogP contribution in [0.25, 0.3) is 0 Å². The zero-order chi connectivity index (χ0) is 25.3. The highest BCUT2D eigenvalue weighted by Crippen LogP contribution is 2.32. The van der Waals surface area contributed by atoms with Crippen molar-refractivity contribution in [3.63, 3.8) is 0 Å². The lowest BCUT2D eigenvalue weighted by Gasteiger charge is -2.48. The van der Waals surface area contributed by atoms with Crippen molar-refractivity contribution in [3.8, 4) is 0 Å². The van der Waals surface area contributed by atoms with Gasteiger partial charge in [0.1, 0.15) is 73.8 Å². The second kappa shape index (κ2) is 11.6. The number of rotatable bonds is 7. The highest BCUT2D eigenvalue weighted by Gasteiger charge is 2.53. The molecule has 3 aliphatic rings. The van der Waals surface area contributed by atoms with Gasteiger partial charge in [0.2, 0.25) is 0 Å². The molecule has 16 nitrogen and oxygen atoms in total. The molecule has 0 spiro atoms. The van der Waals surface area contributed by atoms with E-state index >= 15 is 0 Å². The quantitative estimate of drug-likeness (QED) is 0.114. The molecule has 3 rings (SSSR count). The average Bonchev–Trinajstić information content (AvgIpc) is 2.81. The lowest BCUT2D eigenvalue weighted by atomic mass is 9.96. The molecule has 0 radical (unpaired) electrons. The molecular formula is C18H32O16. The van der Waals surface area contributed by atoms with E-state index in [-0.39, 0.29) is 0 Å². The second-order valence-electron chi connectivity index (χ2n) is 8.43. The molecule has 16 heteroatoms. The van der Waals surface area contributed by atoms with Gasteiger partial charge in [0, 0.05) is 0 Å². The van der Waals surface area contributed by atoms with E-state index < -0.39 is 105 Å². The van der Waals surface area contributed by atoms with Crippen LogP contribution >= 0.6 is 0 Å². The van der Waals surface area contributed by atoms with Crippen LogP contribution in [0.1, 0.15) is 6.92 Å². The summed E-state index contributed by atoms with van der Waals surface area (Å²) in [5, 5.41) is 99.7. The van der Waals surface area contributed by atoms with Gasteiger partial charge in [0.25, 0.3) is 0 Å². The minimum absolute atomic E-state index is 0.622. The summed E-state index contributed by atoms with van der Waals surface area (Å²) >= 11 is 0. The third kappa shape index (κ3) is 5.52. The standard InChI is InChI=1S/C18H32O16/c1-4-7(20)10(23)12(25)17(30-4)34-15-14(9(22)5(2-19)31-16(15)27)33-18-13(26)11(24)8(21)6(32-18)3-29-28/h4-28H,2-3H2,1H3/t4-,5+,6+,7+,8-,9-,10+,11-,12-,13+,14-,15+,16-,17-,18+/m0/s1. The van der Waals surface area contributed by atoms with Crippen molar-refractivity contribution in [1.29, 1.82) is 0 Å². The number of aliphatic hydroxyl groups is 9. The Kier molecular flexibility index (Phi) is 9.54. The van der Waals surface area contributed by atoms with E-state index in [4.69, 9.17) is 28.9 Å². The Hall–Kier alpha value is -0.640. The smallest absolute Gasteiger partial charge is 0.187 e. The maximum atomic E-state index is 10.7. The SMILES string of the molecule is C[C@@H]1O[C@@H](O[C@@H]2[C@@H](O[C@H]3O[C@H](COO)[C@H](O)[C@H](O)[C@H]3O)[C@@H](O)[C@@H](CO)O[C@@H]2O)[C@@H](O)[C@H](O)[C@@H]1O. The molecule has 3 aliphatic heterocycles. The molecule has 200 valence electrons. The van der Waals surface area contributed by atoms with Crippen LogP contribution in [0.15, 0.2) is 0 Å². The van der Waals surface area contributed by atoms with Gasteiger partial charge in [-0.25, -0.2) is 4.89 Å². The minimum atomic E-state index is -1.89. The van der Waals surface area contributed by atoms with Crippen LogP contribution in [0, 0.1) is 0 Å². The first-order chi connectivity index (χ1) is 16.0. The maximum absolute atomic E-state index is 10.7. The number of aliphatic hydroxyl groups excluding tert-OH is 9. The molecule has 3 saturated heterocycles. The molecule has 0 aromatic rings. The molecule has 3 fully saturated rings. The van der Waals surface area contributed by atoms with Crippen molar-refractivity contribution in [1.82, 2.24) is 0 Å². The first-order valence-corrected chi connectivity index (χ1v) is 10.6. The van der Waals surface area contributed by atoms with Crippen LogP contribution in [0.2, 0.25) is 0 Å². The number of ether oxygens (including phenoxy) is 5. The van der Waals surface area contributed by atoms with Crippen molar-refractivity contribution in [2.75, 3.05) is 13.2 Å². The van der Waals surface area contributed by atoms with E-state index in [0.717, 1.165) is 0 Å². The summed E-state index contributed by atoms with van der Waals surface area (Å²) in [6.07, 6.45) is -24.4. The molecule has 10 N–H and O–H groups in total. The maximum Gasteiger partial charge on any atom is 0.187 e. The Morgan fingerprint density at radius 1 is 0.618 bits per heavy atom. The topological polar surface area (TPSA) is 258 Å². The third-order valence-electron chi connectivity index (χ3n) is 6.11. The van der Waals surface area contributed by atoms with Crippen LogP contribution in [0.3, 0.4) is 0 Å². The van der Waals surface area contributed by atoms with Gasteiger partial charge in [-0.15, -0.1) is 0 Å². The minimum Gasteiger partial charge on any atom is -0.394 e. The monoisotopic (exact) mass is 504 g/mol. The van der Waals surface area contributed by atoms with Gasteiger partial charge in [-0.2, -0.15) is 0 Å². The van der Waals surface area contributed by atoms with Crippen LogP contribution in [0.5, 0.6) is 0 Å². The molecule has 0 aromatic heterocycles. The summed E-state index contributed by atoms with van der Waals surface area (Å²) in [6.45, 7) is -0.00823. The van der Waals surface area contributed by atoms with Gasteiger partial charge in [-0.3, -0.25) is 5.26 Å². The second-order valence-corrected chi connectivity index (χ2v) is 8.43. The molecule has 0 aliphatic carbocycles. The fourth-order valence-electron chi connectivity index (χ4n) is 4.03. The van der Waals surface area contributed by atoms with E-state index in [9.17, 15) is 46.0 Å². The van der Waals surface area contributed by atoms with E-state index in [1.807, 2.05) is 0 Å². The van der Waals surface area contributed by atoms with E-state index in [2.05, 4.69) is 4.89 Å². The Morgan fingerprint density at radius 3 is 1.76 bits per heavy atom. The van der Waals surface area contributed by atoms with Crippen molar-refractivity contribution in [2.24, 2.45) is 0 Å². The summed E-state index contributed by atoms with van der Waals surface area (Å²) in [5.74, 6) is 0. The number of hydrogen-bond acceptors (Lipinski definition) is 16. The van der Waals surface area contributed by atoms with Crippen molar-refractivity contribution < 1.29 is 79.8 Å². The zero-order valence-electron chi connectivity index (χ0n) is 18.0. The highest BCUT2D eigenvalue weighted by molar-refractivity contribution is 4.96. The molecule has 0 unspecified atom stereocenters. The van der Waals surface area contributed by atoms with Crippen molar-refractivity contribution >= 4 is 0 Å². The lowest BCUT2D eigenvalue weighted by molar-refractivity contribution is -0.390. The third-order valence-corrected chi connectivity index (χ3v) is 6.11.